The normalized spacial score (nSPS) is 11.9. The zero-order chi connectivity index (χ0) is 7.78. The molecule has 0 aromatic carbocycles. The van der Waals surface area contributed by atoms with Crippen molar-refractivity contribution < 1.29 is 8.91 Å². The van der Waals surface area contributed by atoms with E-state index < -0.39 is 5.67 Å². The number of hydrogen-bond donors (Lipinski definition) is 1. The monoisotopic (exact) mass is 144 g/mol. The Balaban J connectivity index is 2.96. The quantitative estimate of drug-likeness (QED) is 0.649. The van der Waals surface area contributed by atoms with E-state index in [2.05, 4.69) is 9.68 Å². The van der Waals surface area contributed by atoms with E-state index in [1.165, 1.54) is 19.9 Å². The van der Waals surface area contributed by atoms with E-state index in [1.807, 2.05) is 0 Å². The van der Waals surface area contributed by atoms with Crippen LogP contribution in [0.5, 0.6) is 0 Å². The molecule has 0 aliphatic rings. The minimum Gasteiger partial charge on any atom is -0.381 e. The Hall–Kier alpha value is -1.06. The largest absolute Gasteiger partial charge is 0.381 e. The van der Waals surface area contributed by atoms with Gasteiger partial charge in [0.2, 0.25) is 0 Å². The van der Waals surface area contributed by atoms with Gasteiger partial charge in [0.05, 0.1) is 0 Å². The SMILES string of the molecule is CC(C)(F)c1cc(N)no1. The molecular weight excluding hydrogens is 135 g/mol. The summed E-state index contributed by atoms with van der Waals surface area (Å²) in [5.41, 5.74) is 3.71. The summed E-state index contributed by atoms with van der Waals surface area (Å²) in [5, 5.41) is 3.35. The Labute approximate surface area is 58.0 Å². The number of rotatable bonds is 1. The van der Waals surface area contributed by atoms with Crippen molar-refractivity contribution in [3.63, 3.8) is 0 Å². The predicted molar refractivity (Wildman–Crippen MR) is 35.0 cm³/mol. The van der Waals surface area contributed by atoms with E-state index in [0.29, 0.717) is 0 Å². The van der Waals surface area contributed by atoms with E-state index in [4.69, 9.17) is 5.73 Å². The molecule has 1 heterocycles. The smallest absolute Gasteiger partial charge is 0.175 e. The summed E-state index contributed by atoms with van der Waals surface area (Å²) >= 11 is 0. The van der Waals surface area contributed by atoms with Crippen molar-refractivity contribution >= 4 is 5.82 Å². The van der Waals surface area contributed by atoms with Crippen LogP contribution in [-0.2, 0) is 5.67 Å². The van der Waals surface area contributed by atoms with Crippen LogP contribution >= 0.6 is 0 Å². The lowest BCUT2D eigenvalue weighted by atomic mass is 10.1. The van der Waals surface area contributed by atoms with Gasteiger partial charge in [-0.15, -0.1) is 0 Å². The van der Waals surface area contributed by atoms with Gasteiger partial charge in [0.25, 0.3) is 0 Å². The molecule has 0 fully saturated rings. The van der Waals surface area contributed by atoms with Gasteiger partial charge in [0.15, 0.2) is 17.2 Å². The van der Waals surface area contributed by atoms with Crippen LogP contribution in [0.25, 0.3) is 0 Å². The summed E-state index contributed by atoms with van der Waals surface area (Å²) in [6.45, 7) is 2.76. The molecule has 0 bridgehead atoms. The van der Waals surface area contributed by atoms with E-state index in [9.17, 15) is 4.39 Å². The Morgan fingerprint density at radius 3 is 2.50 bits per heavy atom. The van der Waals surface area contributed by atoms with Gasteiger partial charge in [-0.25, -0.2) is 4.39 Å². The standard InChI is InChI=1S/C6H9FN2O/c1-6(2,7)4-3-5(8)9-10-4/h3H,1-2H3,(H2,8,9). The first-order valence-corrected chi connectivity index (χ1v) is 2.92. The lowest BCUT2D eigenvalue weighted by molar-refractivity contribution is 0.163. The van der Waals surface area contributed by atoms with E-state index in [1.54, 1.807) is 0 Å². The molecule has 0 saturated heterocycles. The second-order valence-electron chi connectivity index (χ2n) is 2.59. The fraction of sp³-hybridized carbons (Fsp3) is 0.500. The first-order valence-electron chi connectivity index (χ1n) is 2.92. The van der Waals surface area contributed by atoms with Gasteiger partial charge in [0, 0.05) is 6.07 Å². The number of halogens is 1. The molecule has 0 radical (unpaired) electrons. The third kappa shape index (κ3) is 1.26. The van der Waals surface area contributed by atoms with E-state index in [-0.39, 0.29) is 11.6 Å². The minimum atomic E-state index is -1.50. The summed E-state index contributed by atoms with van der Waals surface area (Å²) in [6, 6.07) is 1.38. The molecule has 4 heteroatoms. The summed E-state index contributed by atoms with van der Waals surface area (Å²) in [4.78, 5) is 0. The molecule has 2 N–H and O–H groups in total. The molecule has 3 nitrogen and oxygen atoms in total. The summed E-state index contributed by atoms with van der Waals surface area (Å²) in [6.07, 6.45) is 0. The van der Waals surface area contributed by atoms with E-state index in [0.717, 1.165) is 0 Å². The molecule has 56 valence electrons. The second kappa shape index (κ2) is 1.97. The van der Waals surface area contributed by atoms with Crippen LogP contribution in [0.3, 0.4) is 0 Å². The second-order valence-corrected chi connectivity index (χ2v) is 2.59. The third-order valence-electron chi connectivity index (χ3n) is 1.11. The molecule has 0 unspecified atom stereocenters. The van der Waals surface area contributed by atoms with Crippen molar-refractivity contribution in [2.75, 3.05) is 5.73 Å². The number of nitrogens with two attached hydrogens (primary N) is 1. The maximum absolute atomic E-state index is 12.9. The lowest BCUT2D eigenvalue weighted by Crippen LogP contribution is -2.06. The number of nitrogen functional groups attached to an aromatic ring is 1. The van der Waals surface area contributed by atoms with Gasteiger partial charge >= 0.3 is 0 Å². The van der Waals surface area contributed by atoms with Crippen molar-refractivity contribution in [2.24, 2.45) is 0 Å². The van der Waals surface area contributed by atoms with E-state index >= 15 is 0 Å². The van der Waals surface area contributed by atoms with Crippen molar-refractivity contribution in [3.8, 4) is 0 Å². The van der Waals surface area contributed by atoms with Crippen molar-refractivity contribution in [3.05, 3.63) is 11.8 Å². The first-order chi connectivity index (χ1) is 4.50. The van der Waals surface area contributed by atoms with Gasteiger partial charge in [-0.2, -0.15) is 0 Å². The van der Waals surface area contributed by atoms with Crippen LogP contribution in [0.2, 0.25) is 0 Å². The van der Waals surface area contributed by atoms with Crippen LogP contribution in [0.15, 0.2) is 10.6 Å². The maximum atomic E-state index is 12.9. The Bertz CT molecular complexity index is 226. The Morgan fingerprint density at radius 1 is 1.70 bits per heavy atom. The van der Waals surface area contributed by atoms with Crippen LogP contribution in [0.4, 0.5) is 10.2 Å². The van der Waals surface area contributed by atoms with Gasteiger partial charge in [-0.1, -0.05) is 5.16 Å². The molecular formula is C6H9FN2O. The minimum absolute atomic E-state index is 0.157. The third-order valence-corrected chi connectivity index (χ3v) is 1.11. The van der Waals surface area contributed by atoms with Crippen molar-refractivity contribution in [1.82, 2.24) is 5.16 Å². The number of nitrogens with zero attached hydrogens (tertiary/aromatic N) is 1. The van der Waals surface area contributed by atoms with Crippen molar-refractivity contribution in [1.29, 1.82) is 0 Å². The molecule has 1 rings (SSSR count). The van der Waals surface area contributed by atoms with Gasteiger partial charge in [-0.05, 0) is 13.8 Å². The lowest BCUT2D eigenvalue weighted by Gasteiger charge is -2.06. The highest BCUT2D eigenvalue weighted by atomic mass is 19.1. The van der Waals surface area contributed by atoms with Crippen LogP contribution in [0.1, 0.15) is 19.6 Å². The highest BCUT2D eigenvalue weighted by molar-refractivity contribution is 5.28. The summed E-state index contributed by atoms with van der Waals surface area (Å²) in [5.74, 6) is 0.366. The highest BCUT2D eigenvalue weighted by Gasteiger charge is 2.23. The average molecular weight is 144 g/mol. The molecule has 10 heavy (non-hydrogen) atoms. The Morgan fingerprint density at radius 2 is 2.30 bits per heavy atom. The zero-order valence-corrected chi connectivity index (χ0v) is 5.89. The number of alkyl halides is 1. The molecule has 0 spiro atoms. The van der Waals surface area contributed by atoms with Gasteiger partial charge in [0.1, 0.15) is 0 Å². The number of hydrogen-bond acceptors (Lipinski definition) is 3. The van der Waals surface area contributed by atoms with Gasteiger partial charge in [-0.3, -0.25) is 0 Å². The van der Waals surface area contributed by atoms with Crippen LogP contribution in [0, 0.1) is 0 Å². The molecule has 1 aromatic heterocycles. The predicted octanol–water partition coefficient (Wildman–Crippen LogP) is 1.46. The fourth-order valence-electron chi connectivity index (χ4n) is 0.569. The Kier molecular flexibility index (Phi) is 1.39. The maximum Gasteiger partial charge on any atom is 0.175 e. The number of anilines is 1. The molecule has 0 atom stereocenters. The van der Waals surface area contributed by atoms with Crippen LogP contribution in [-0.4, -0.2) is 5.16 Å². The van der Waals surface area contributed by atoms with Crippen LogP contribution < -0.4 is 5.73 Å². The zero-order valence-electron chi connectivity index (χ0n) is 5.89. The molecule has 0 saturated carbocycles. The van der Waals surface area contributed by atoms with Crippen molar-refractivity contribution in [2.45, 2.75) is 19.5 Å². The fourth-order valence-corrected chi connectivity index (χ4v) is 0.569. The molecule has 1 aromatic rings. The topological polar surface area (TPSA) is 52.0 Å². The summed E-state index contributed by atoms with van der Waals surface area (Å²) in [7, 11) is 0. The number of aromatic nitrogens is 1. The first kappa shape index (κ1) is 7.05. The molecule has 0 aliphatic heterocycles. The summed E-state index contributed by atoms with van der Waals surface area (Å²) < 4.78 is 17.5. The highest BCUT2D eigenvalue weighted by Crippen LogP contribution is 2.25. The van der Waals surface area contributed by atoms with Gasteiger partial charge < -0.3 is 10.3 Å². The molecule has 0 aliphatic carbocycles. The molecule has 0 amide bonds. The average Bonchev–Trinajstić information content (AvgIpc) is 2.11.